The number of hydrogen-bond acceptors (Lipinski definition) is 3. The second-order valence-corrected chi connectivity index (χ2v) is 6.23. The van der Waals surface area contributed by atoms with Crippen LogP contribution in [0.15, 0.2) is 47.4 Å². The van der Waals surface area contributed by atoms with Gasteiger partial charge in [-0.2, -0.15) is 0 Å². The number of fused-ring (bicyclic) bond motifs is 1. The van der Waals surface area contributed by atoms with Crippen LogP contribution in [0.5, 0.6) is 0 Å². The van der Waals surface area contributed by atoms with Gasteiger partial charge in [-0.1, -0.05) is 37.3 Å². The molecule has 0 heterocycles. The molecule has 0 spiro atoms. The first-order valence-corrected chi connectivity index (χ1v) is 8.16. The normalized spacial score (nSPS) is 14.3. The molecule has 0 aromatic heterocycles. The number of hydrogen-bond donors (Lipinski definition) is 1. The summed E-state index contributed by atoms with van der Waals surface area (Å²) in [5, 5.41) is 5.61. The molecule has 2 atom stereocenters. The van der Waals surface area contributed by atoms with Crippen LogP contribution >= 0.6 is 0 Å². The molecule has 0 saturated heterocycles. The maximum atomic E-state index is 12.5. The van der Waals surface area contributed by atoms with Crippen LogP contribution in [0, 0.1) is 0 Å². The molecule has 0 saturated carbocycles. The Morgan fingerprint density at radius 1 is 1.20 bits per heavy atom. The number of nitrogens with one attached hydrogen (secondary N) is 1. The molecule has 2 rings (SSSR count). The van der Waals surface area contributed by atoms with Gasteiger partial charge in [0.15, 0.2) is 0 Å². The van der Waals surface area contributed by atoms with E-state index in [1.54, 1.807) is 7.11 Å². The first-order valence-electron chi connectivity index (χ1n) is 6.84. The lowest BCUT2D eigenvalue weighted by atomic mass is 10.1. The Morgan fingerprint density at radius 2 is 1.95 bits per heavy atom. The largest absolute Gasteiger partial charge is 0.383 e. The summed E-state index contributed by atoms with van der Waals surface area (Å²) >= 11 is 0. The third-order valence-corrected chi connectivity index (χ3v) is 4.68. The van der Waals surface area contributed by atoms with Gasteiger partial charge in [0.05, 0.1) is 17.4 Å². The molecule has 0 aliphatic heterocycles. The molecule has 20 heavy (non-hydrogen) atoms. The highest BCUT2D eigenvalue weighted by molar-refractivity contribution is 7.85. The van der Waals surface area contributed by atoms with Gasteiger partial charge in [-0.15, -0.1) is 0 Å². The lowest BCUT2D eigenvalue weighted by Gasteiger charge is -2.16. The highest BCUT2D eigenvalue weighted by atomic mass is 32.2. The molecule has 0 aliphatic rings. The minimum absolute atomic E-state index is 0.123. The lowest BCUT2D eigenvalue weighted by molar-refractivity contribution is 0.174. The second-order valence-electron chi connectivity index (χ2n) is 4.73. The van der Waals surface area contributed by atoms with E-state index in [0.717, 1.165) is 16.8 Å². The van der Waals surface area contributed by atoms with Crippen molar-refractivity contribution in [3.8, 4) is 0 Å². The molecular formula is C16H21NO2S. The fourth-order valence-electron chi connectivity index (χ4n) is 2.24. The minimum atomic E-state index is -1.01. The maximum Gasteiger partial charge on any atom is 0.0624 e. The highest BCUT2D eigenvalue weighted by Gasteiger charge is 2.13. The van der Waals surface area contributed by atoms with Crippen LogP contribution in [0.2, 0.25) is 0 Å². The topological polar surface area (TPSA) is 38.3 Å². The molecule has 0 amide bonds. The SMILES string of the molecule is CCNC(COC)CS(=O)c1ccc2ccccc2c1. The third kappa shape index (κ3) is 3.88. The van der Waals surface area contributed by atoms with Crippen molar-refractivity contribution in [2.75, 3.05) is 26.0 Å². The lowest BCUT2D eigenvalue weighted by Crippen LogP contribution is -2.37. The van der Waals surface area contributed by atoms with Gasteiger partial charge in [-0.25, -0.2) is 0 Å². The standard InChI is InChI=1S/C16H21NO2S/c1-3-17-15(11-19-2)12-20(18)16-9-8-13-6-4-5-7-14(13)10-16/h4-10,15,17H,3,11-12H2,1-2H3. The van der Waals surface area contributed by atoms with Gasteiger partial charge in [0.25, 0.3) is 0 Å². The monoisotopic (exact) mass is 291 g/mol. The van der Waals surface area contributed by atoms with E-state index in [9.17, 15) is 4.21 Å². The number of ether oxygens (including phenoxy) is 1. The van der Waals surface area contributed by atoms with Gasteiger partial charge >= 0.3 is 0 Å². The maximum absolute atomic E-state index is 12.5. The Kier molecular flexibility index (Phi) is 5.71. The first-order chi connectivity index (χ1) is 9.74. The number of methoxy groups -OCH3 is 1. The zero-order valence-electron chi connectivity index (χ0n) is 12.0. The number of benzene rings is 2. The average molecular weight is 291 g/mol. The van der Waals surface area contributed by atoms with Crippen LogP contribution in [-0.4, -0.2) is 36.3 Å². The molecule has 2 unspecified atom stereocenters. The van der Waals surface area contributed by atoms with Gasteiger partial charge in [0.1, 0.15) is 0 Å². The van der Waals surface area contributed by atoms with Gasteiger partial charge in [-0.05, 0) is 29.4 Å². The quantitative estimate of drug-likeness (QED) is 0.852. The summed E-state index contributed by atoms with van der Waals surface area (Å²) < 4.78 is 17.6. The van der Waals surface area contributed by atoms with Gasteiger partial charge in [-0.3, -0.25) is 4.21 Å². The van der Waals surface area contributed by atoms with Crippen LogP contribution in [0.1, 0.15) is 6.92 Å². The van der Waals surface area contributed by atoms with Gasteiger partial charge in [0, 0.05) is 23.8 Å². The van der Waals surface area contributed by atoms with Crippen molar-refractivity contribution in [3.63, 3.8) is 0 Å². The summed E-state index contributed by atoms with van der Waals surface area (Å²) in [5.74, 6) is 0.569. The van der Waals surface area contributed by atoms with Crippen LogP contribution in [0.3, 0.4) is 0 Å². The predicted molar refractivity (Wildman–Crippen MR) is 84.6 cm³/mol. The molecule has 3 nitrogen and oxygen atoms in total. The highest BCUT2D eigenvalue weighted by Crippen LogP contribution is 2.18. The van der Waals surface area contributed by atoms with Crippen molar-refractivity contribution < 1.29 is 8.95 Å². The molecule has 0 bridgehead atoms. The summed E-state index contributed by atoms with van der Waals surface area (Å²) in [5.41, 5.74) is 0. The van der Waals surface area contributed by atoms with Crippen LogP contribution in [0.4, 0.5) is 0 Å². The molecule has 0 fully saturated rings. The van der Waals surface area contributed by atoms with Crippen LogP contribution in [0.25, 0.3) is 10.8 Å². The van der Waals surface area contributed by atoms with Crippen molar-refractivity contribution in [2.45, 2.75) is 17.9 Å². The summed E-state index contributed by atoms with van der Waals surface area (Å²) in [7, 11) is 0.655. The molecule has 1 N–H and O–H groups in total. The van der Waals surface area contributed by atoms with Crippen LogP contribution < -0.4 is 5.32 Å². The molecule has 2 aromatic rings. The van der Waals surface area contributed by atoms with Gasteiger partial charge < -0.3 is 10.1 Å². The molecule has 0 aliphatic carbocycles. The van der Waals surface area contributed by atoms with E-state index in [2.05, 4.69) is 11.4 Å². The molecular weight excluding hydrogens is 270 g/mol. The Bertz CT molecular complexity index is 579. The van der Waals surface area contributed by atoms with E-state index in [-0.39, 0.29) is 6.04 Å². The van der Waals surface area contributed by atoms with Gasteiger partial charge in [0.2, 0.25) is 0 Å². The van der Waals surface area contributed by atoms with Crippen molar-refractivity contribution in [1.82, 2.24) is 5.32 Å². The summed E-state index contributed by atoms with van der Waals surface area (Å²) in [4.78, 5) is 0.878. The number of rotatable bonds is 7. The summed E-state index contributed by atoms with van der Waals surface area (Å²) in [6.45, 7) is 3.47. The fraction of sp³-hybridized carbons (Fsp3) is 0.375. The second kappa shape index (κ2) is 7.53. The summed E-state index contributed by atoms with van der Waals surface area (Å²) in [6, 6.07) is 14.2. The molecule has 0 radical (unpaired) electrons. The molecule has 108 valence electrons. The Morgan fingerprint density at radius 3 is 2.65 bits per heavy atom. The van der Waals surface area contributed by atoms with E-state index in [0.29, 0.717) is 12.4 Å². The predicted octanol–water partition coefficient (Wildman–Crippen LogP) is 2.57. The third-order valence-electron chi connectivity index (χ3n) is 3.20. The Balaban J connectivity index is 2.13. The zero-order chi connectivity index (χ0) is 14.4. The van der Waals surface area contributed by atoms with Crippen molar-refractivity contribution in [2.24, 2.45) is 0 Å². The van der Waals surface area contributed by atoms with Crippen molar-refractivity contribution >= 4 is 21.6 Å². The van der Waals surface area contributed by atoms with E-state index >= 15 is 0 Å². The fourth-order valence-corrected chi connectivity index (χ4v) is 3.49. The zero-order valence-corrected chi connectivity index (χ0v) is 12.8. The summed E-state index contributed by atoms with van der Waals surface area (Å²) in [6.07, 6.45) is 0. The smallest absolute Gasteiger partial charge is 0.0624 e. The minimum Gasteiger partial charge on any atom is -0.383 e. The van der Waals surface area contributed by atoms with E-state index < -0.39 is 10.8 Å². The van der Waals surface area contributed by atoms with Crippen molar-refractivity contribution in [3.05, 3.63) is 42.5 Å². The number of likely N-dealkylation sites (N-methyl/N-ethyl adjacent to an activating group) is 1. The Hall–Kier alpha value is -1.23. The molecule has 2 aromatic carbocycles. The Labute approximate surface area is 122 Å². The first kappa shape index (κ1) is 15.2. The average Bonchev–Trinajstić information content (AvgIpc) is 2.47. The van der Waals surface area contributed by atoms with Crippen molar-refractivity contribution in [1.29, 1.82) is 0 Å². The van der Waals surface area contributed by atoms with E-state index in [4.69, 9.17) is 4.74 Å². The van der Waals surface area contributed by atoms with E-state index in [1.165, 1.54) is 5.39 Å². The van der Waals surface area contributed by atoms with Crippen LogP contribution in [-0.2, 0) is 15.5 Å². The van der Waals surface area contributed by atoms with E-state index in [1.807, 2.05) is 43.3 Å². The molecule has 4 heteroatoms.